The molecular formula is C23H38O5. The quantitative estimate of drug-likeness (QED) is 0.178. The third kappa shape index (κ3) is 9.86. The van der Waals surface area contributed by atoms with E-state index in [0.29, 0.717) is 12.4 Å². The van der Waals surface area contributed by atoms with E-state index in [4.69, 9.17) is 9.84 Å². The highest BCUT2D eigenvalue weighted by atomic mass is 16.7. The van der Waals surface area contributed by atoms with E-state index in [1.165, 1.54) is 63.9 Å². The van der Waals surface area contributed by atoms with Crippen molar-refractivity contribution in [2.75, 3.05) is 6.61 Å². The first-order valence-corrected chi connectivity index (χ1v) is 11.0. The summed E-state index contributed by atoms with van der Waals surface area (Å²) in [4.78, 5) is 10.7. The van der Waals surface area contributed by atoms with Gasteiger partial charge in [0.2, 0.25) is 5.75 Å². The van der Waals surface area contributed by atoms with Gasteiger partial charge in [0.05, 0.1) is 6.61 Å². The van der Waals surface area contributed by atoms with Gasteiger partial charge in [-0.3, -0.25) is 0 Å². The Hall–Kier alpha value is -1.91. The lowest BCUT2D eigenvalue weighted by Crippen LogP contribution is -2.06. The maximum atomic E-state index is 10.7. The van der Waals surface area contributed by atoms with Crippen LogP contribution in [0, 0.1) is 0 Å². The molecule has 1 aromatic rings. The number of hydrogen-bond donors (Lipinski definition) is 2. The average molecular weight is 395 g/mol. The van der Waals surface area contributed by atoms with Crippen LogP contribution >= 0.6 is 0 Å². The Morgan fingerprint density at radius 3 is 1.96 bits per heavy atom. The molecule has 28 heavy (non-hydrogen) atoms. The molecule has 160 valence electrons. The van der Waals surface area contributed by atoms with E-state index in [1.807, 2.05) is 6.92 Å². The fourth-order valence-electron chi connectivity index (χ4n) is 3.34. The van der Waals surface area contributed by atoms with E-state index >= 15 is 0 Å². The van der Waals surface area contributed by atoms with Crippen molar-refractivity contribution in [3.8, 4) is 17.2 Å². The van der Waals surface area contributed by atoms with Crippen molar-refractivity contribution in [1.82, 2.24) is 0 Å². The SMILES string of the molecule is CCCCCCCCCCCCCOc1c(CCC)ccc(OC(=O)O)c1O. The number of ether oxygens (including phenoxy) is 2. The first kappa shape index (κ1) is 24.1. The van der Waals surface area contributed by atoms with Crippen LogP contribution in [0.2, 0.25) is 0 Å². The second-order valence-electron chi connectivity index (χ2n) is 7.40. The van der Waals surface area contributed by atoms with Gasteiger partial charge < -0.3 is 19.7 Å². The summed E-state index contributed by atoms with van der Waals surface area (Å²) in [6.07, 6.45) is 14.1. The number of unbranched alkanes of at least 4 members (excludes halogenated alkanes) is 10. The zero-order valence-corrected chi connectivity index (χ0v) is 17.7. The second-order valence-corrected chi connectivity index (χ2v) is 7.40. The maximum absolute atomic E-state index is 10.7. The number of phenols is 1. The van der Waals surface area contributed by atoms with Crippen LogP contribution in [0.3, 0.4) is 0 Å². The minimum Gasteiger partial charge on any atom is -0.502 e. The van der Waals surface area contributed by atoms with Crippen LogP contribution in [0.1, 0.15) is 96.5 Å². The summed E-state index contributed by atoms with van der Waals surface area (Å²) in [5.41, 5.74) is 0.876. The summed E-state index contributed by atoms with van der Waals surface area (Å²) in [7, 11) is 0. The van der Waals surface area contributed by atoms with E-state index in [9.17, 15) is 9.90 Å². The van der Waals surface area contributed by atoms with Crippen molar-refractivity contribution >= 4 is 6.16 Å². The lowest BCUT2D eigenvalue weighted by Gasteiger charge is -2.15. The summed E-state index contributed by atoms with van der Waals surface area (Å²) in [5.74, 6) is 0.0467. The molecule has 0 atom stereocenters. The Kier molecular flexibility index (Phi) is 13.0. The van der Waals surface area contributed by atoms with Crippen LogP contribution in [0.4, 0.5) is 4.79 Å². The van der Waals surface area contributed by atoms with E-state index in [2.05, 4.69) is 11.7 Å². The standard InChI is InChI=1S/C23H38O5/c1-3-5-6-7-8-9-10-11-12-13-14-18-27-22-19(15-4-2)16-17-20(21(22)24)28-23(25)26/h16-17,24H,3-15,18H2,1-2H3,(H,25,26). The lowest BCUT2D eigenvalue weighted by atomic mass is 10.1. The van der Waals surface area contributed by atoms with Gasteiger partial charge in [-0.05, 0) is 24.5 Å². The highest BCUT2D eigenvalue weighted by Gasteiger charge is 2.17. The summed E-state index contributed by atoms with van der Waals surface area (Å²) < 4.78 is 10.4. The third-order valence-electron chi connectivity index (χ3n) is 4.89. The van der Waals surface area contributed by atoms with Crippen LogP contribution in [0.25, 0.3) is 0 Å². The van der Waals surface area contributed by atoms with Gasteiger partial charge in [0.15, 0.2) is 11.5 Å². The molecule has 0 radical (unpaired) electrons. The number of phenolic OH excluding ortho intramolecular Hbond substituents is 1. The fraction of sp³-hybridized carbons (Fsp3) is 0.696. The highest BCUT2D eigenvalue weighted by molar-refractivity contribution is 5.65. The Labute approximate surface area is 170 Å². The molecule has 0 saturated heterocycles. The number of rotatable bonds is 16. The molecule has 0 amide bonds. The molecule has 0 unspecified atom stereocenters. The van der Waals surface area contributed by atoms with E-state index in [-0.39, 0.29) is 11.5 Å². The Morgan fingerprint density at radius 1 is 0.857 bits per heavy atom. The highest BCUT2D eigenvalue weighted by Crippen LogP contribution is 2.39. The van der Waals surface area contributed by atoms with Crippen molar-refractivity contribution < 1.29 is 24.5 Å². The lowest BCUT2D eigenvalue weighted by molar-refractivity contribution is 0.142. The molecular weight excluding hydrogens is 356 g/mol. The summed E-state index contributed by atoms with van der Waals surface area (Å²) in [5, 5.41) is 19.1. The second kappa shape index (κ2) is 15.1. The summed E-state index contributed by atoms with van der Waals surface area (Å²) in [6, 6.07) is 3.24. The predicted molar refractivity (Wildman–Crippen MR) is 113 cm³/mol. The van der Waals surface area contributed by atoms with Gasteiger partial charge in [-0.15, -0.1) is 0 Å². The zero-order chi connectivity index (χ0) is 20.6. The molecule has 5 heteroatoms. The van der Waals surface area contributed by atoms with Crippen LogP contribution < -0.4 is 9.47 Å². The molecule has 0 spiro atoms. The maximum Gasteiger partial charge on any atom is 0.511 e. The van der Waals surface area contributed by atoms with E-state index in [0.717, 1.165) is 31.2 Å². The van der Waals surface area contributed by atoms with E-state index < -0.39 is 6.16 Å². The fourth-order valence-corrected chi connectivity index (χ4v) is 3.34. The topological polar surface area (TPSA) is 76.0 Å². The van der Waals surface area contributed by atoms with Gasteiger partial charge in [-0.2, -0.15) is 0 Å². The molecule has 1 aromatic carbocycles. The van der Waals surface area contributed by atoms with Crippen LogP contribution in [-0.2, 0) is 6.42 Å². The van der Waals surface area contributed by atoms with Crippen LogP contribution in [0.15, 0.2) is 12.1 Å². The molecule has 0 aromatic heterocycles. The molecule has 0 saturated carbocycles. The van der Waals surface area contributed by atoms with Crippen molar-refractivity contribution in [2.24, 2.45) is 0 Å². The Morgan fingerprint density at radius 2 is 1.43 bits per heavy atom. The number of carbonyl (C=O) groups is 1. The van der Waals surface area contributed by atoms with Crippen molar-refractivity contribution in [1.29, 1.82) is 0 Å². The molecule has 1 rings (SSSR count). The molecule has 0 aliphatic carbocycles. The number of benzene rings is 1. The van der Waals surface area contributed by atoms with Gasteiger partial charge in [-0.1, -0.05) is 90.5 Å². The van der Waals surface area contributed by atoms with Crippen LogP contribution in [0.5, 0.6) is 17.2 Å². The van der Waals surface area contributed by atoms with Gasteiger partial charge in [0.25, 0.3) is 0 Å². The normalized spacial score (nSPS) is 10.8. The van der Waals surface area contributed by atoms with Gasteiger partial charge in [0.1, 0.15) is 0 Å². The predicted octanol–water partition coefficient (Wildman–Crippen LogP) is 7.09. The van der Waals surface area contributed by atoms with Crippen molar-refractivity contribution in [2.45, 2.75) is 97.3 Å². The van der Waals surface area contributed by atoms with Gasteiger partial charge in [0, 0.05) is 0 Å². The minimum atomic E-state index is -1.45. The number of hydrogen-bond acceptors (Lipinski definition) is 4. The van der Waals surface area contributed by atoms with Crippen molar-refractivity contribution in [3.63, 3.8) is 0 Å². The molecule has 0 fully saturated rings. The number of carboxylic acid groups (broad SMARTS) is 1. The minimum absolute atomic E-state index is 0.0821. The first-order valence-electron chi connectivity index (χ1n) is 11.0. The van der Waals surface area contributed by atoms with Crippen LogP contribution in [-0.4, -0.2) is 23.0 Å². The van der Waals surface area contributed by atoms with Crippen molar-refractivity contribution in [3.05, 3.63) is 17.7 Å². The zero-order valence-electron chi connectivity index (χ0n) is 17.7. The average Bonchev–Trinajstić information content (AvgIpc) is 2.66. The largest absolute Gasteiger partial charge is 0.511 e. The summed E-state index contributed by atoms with van der Waals surface area (Å²) in [6.45, 7) is 4.81. The molecule has 0 aliphatic rings. The number of aryl methyl sites for hydroxylation is 1. The Balaban J connectivity index is 2.29. The third-order valence-corrected chi connectivity index (χ3v) is 4.89. The molecule has 0 aliphatic heterocycles. The molecule has 5 nitrogen and oxygen atoms in total. The van der Waals surface area contributed by atoms with Gasteiger partial charge >= 0.3 is 6.16 Å². The van der Waals surface area contributed by atoms with Gasteiger partial charge in [-0.25, -0.2) is 4.79 Å². The molecule has 0 bridgehead atoms. The molecule has 2 N–H and O–H groups in total. The first-order chi connectivity index (χ1) is 13.6. The number of aromatic hydroxyl groups is 1. The smallest absolute Gasteiger partial charge is 0.502 e. The monoisotopic (exact) mass is 394 g/mol. The molecule has 0 heterocycles. The van der Waals surface area contributed by atoms with E-state index in [1.54, 1.807) is 6.07 Å². The summed E-state index contributed by atoms with van der Waals surface area (Å²) >= 11 is 0. The Bertz CT molecular complexity index is 556.